The van der Waals surface area contributed by atoms with Gasteiger partial charge in [-0.05, 0) is 77.9 Å². The van der Waals surface area contributed by atoms with Gasteiger partial charge in [-0.25, -0.2) is 8.78 Å². The lowest BCUT2D eigenvalue weighted by atomic mass is 10.1. The van der Waals surface area contributed by atoms with E-state index in [1.54, 1.807) is 0 Å². The summed E-state index contributed by atoms with van der Waals surface area (Å²) in [7, 11) is 0. The predicted molar refractivity (Wildman–Crippen MR) is 108 cm³/mol. The topological polar surface area (TPSA) is 53.2 Å². The van der Waals surface area contributed by atoms with Crippen LogP contribution in [-0.4, -0.2) is 23.2 Å². The monoisotopic (exact) mass is 495 g/mol. The minimum Gasteiger partial charge on any atom is -0.351 e. The molecule has 0 saturated heterocycles. The summed E-state index contributed by atoms with van der Waals surface area (Å²) in [6.45, 7) is 2.38. The Morgan fingerprint density at radius 3 is 2.34 bits per heavy atom. The molecule has 1 atom stereocenters. The SMILES string of the molecule is Cc1cc(NC(=O)c2cc(NC(=S)NC(C)C(F)(F)F)c(F)cc2Br)ccc1F. The summed E-state index contributed by atoms with van der Waals surface area (Å²) in [4.78, 5) is 12.5. The standard InChI is InChI=1S/C18H15BrF5N3OS/c1-8-5-10(3-4-13(8)20)26-16(28)11-6-15(14(21)7-12(11)19)27-17(29)25-9(2)18(22,23)24/h3-7,9H,1-2H3,(H,26,28)(H2,25,27,29). The summed E-state index contributed by atoms with van der Waals surface area (Å²) in [5, 5.41) is 6.38. The first-order valence-corrected chi connectivity index (χ1v) is 9.29. The second kappa shape index (κ2) is 9.04. The van der Waals surface area contributed by atoms with Crippen LogP contribution in [0, 0.1) is 18.6 Å². The number of rotatable bonds is 4. The van der Waals surface area contributed by atoms with E-state index in [2.05, 4.69) is 26.6 Å². The summed E-state index contributed by atoms with van der Waals surface area (Å²) < 4.78 is 65.4. The summed E-state index contributed by atoms with van der Waals surface area (Å²) in [5.41, 5.74) is 0.331. The van der Waals surface area contributed by atoms with Crippen LogP contribution in [-0.2, 0) is 0 Å². The highest BCUT2D eigenvalue weighted by molar-refractivity contribution is 9.10. The molecule has 0 aliphatic carbocycles. The van der Waals surface area contributed by atoms with Gasteiger partial charge in [-0.1, -0.05) is 0 Å². The van der Waals surface area contributed by atoms with E-state index in [0.717, 1.165) is 19.1 Å². The molecule has 0 saturated carbocycles. The second-order valence-electron chi connectivity index (χ2n) is 6.09. The number of alkyl halides is 3. The molecule has 2 aromatic rings. The van der Waals surface area contributed by atoms with Gasteiger partial charge in [0.25, 0.3) is 5.91 Å². The fourth-order valence-electron chi connectivity index (χ4n) is 2.18. The van der Waals surface area contributed by atoms with Gasteiger partial charge in [0.15, 0.2) is 5.11 Å². The predicted octanol–water partition coefficient (Wildman–Crippen LogP) is 5.53. The third kappa shape index (κ3) is 6.10. The first-order valence-electron chi connectivity index (χ1n) is 8.09. The number of halogens is 6. The number of carbonyl (C=O) groups is 1. The Morgan fingerprint density at radius 2 is 1.76 bits per heavy atom. The van der Waals surface area contributed by atoms with Crippen molar-refractivity contribution in [2.24, 2.45) is 0 Å². The summed E-state index contributed by atoms with van der Waals surface area (Å²) in [6, 6.07) is 4.07. The summed E-state index contributed by atoms with van der Waals surface area (Å²) in [5.74, 6) is -1.92. The van der Waals surface area contributed by atoms with Crippen LogP contribution in [0.15, 0.2) is 34.8 Å². The molecule has 0 spiro atoms. The molecule has 1 unspecified atom stereocenters. The molecule has 0 heterocycles. The number of carbonyl (C=O) groups excluding carboxylic acids is 1. The van der Waals surface area contributed by atoms with Crippen LogP contribution in [0.1, 0.15) is 22.8 Å². The van der Waals surface area contributed by atoms with E-state index in [1.165, 1.54) is 25.1 Å². The number of amides is 1. The summed E-state index contributed by atoms with van der Waals surface area (Å²) in [6.07, 6.45) is -4.54. The van der Waals surface area contributed by atoms with E-state index in [-0.39, 0.29) is 15.7 Å². The van der Waals surface area contributed by atoms with Gasteiger partial charge in [0.05, 0.1) is 11.3 Å². The number of benzene rings is 2. The molecule has 11 heteroatoms. The van der Waals surface area contributed by atoms with Crippen molar-refractivity contribution in [3.8, 4) is 0 Å². The zero-order chi connectivity index (χ0) is 21.9. The van der Waals surface area contributed by atoms with Gasteiger partial charge in [0.2, 0.25) is 0 Å². The van der Waals surface area contributed by atoms with E-state index in [1.807, 2.05) is 5.32 Å². The Hall–Kier alpha value is -2.27. The van der Waals surface area contributed by atoms with E-state index in [0.29, 0.717) is 11.3 Å². The van der Waals surface area contributed by atoms with E-state index in [4.69, 9.17) is 12.2 Å². The van der Waals surface area contributed by atoms with Crippen molar-refractivity contribution < 1.29 is 26.7 Å². The lowest BCUT2D eigenvalue weighted by Gasteiger charge is -2.20. The van der Waals surface area contributed by atoms with Gasteiger partial charge in [0.1, 0.15) is 17.7 Å². The van der Waals surface area contributed by atoms with Gasteiger partial charge in [-0.3, -0.25) is 4.79 Å². The third-order valence-corrected chi connectivity index (χ3v) is 4.68. The van der Waals surface area contributed by atoms with Gasteiger partial charge in [-0.15, -0.1) is 0 Å². The molecule has 2 rings (SSSR count). The Bertz CT molecular complexity index is 952. The molecule has 0 aromatic heterocycles. The van der Waals surface area contributed by atoms with Gasteiger partial charge in [0, 0.05) is 10.2 Å². The molecule has 2 aromatic carbocycles. The fraction of sp³-hybridized carbons (Fsp3) is 0.222. The Morgan fingerprint density at radius 1 is 1.10 bits per heavy atom. The highest BCUT2D eigenvalue weighted by Gasteiger charge is 2.36. The smallest absolute Gasteiger partial charge is 0.351 e. The Balaban J connectivity index is 2.20. The van der Waals surface area contributed by atoms with Crippen molar-refractivity contribution >= 4 is 50.5 Å². The van der Waals surface area contributed by atoms with Gasteiger partial charge < -0.3 is 16.0 Å². The van der Waals surface area contributed by atoms with Crippen LogP contribution in [0.2, 0.25) is 0 Å². The van der Waals surface area contributed by atoms with Gasteiger partial charge in [-0.2, -0.15) is 13.2 Å². The molecule has 0 radical (unpaired) electrons. The molecule has 156 valence electrons. The van der Waals surface area contributed by atoms with Crippen LogP contribution in [0.4, 0.5) is 33.3 Å². The molecule has 29 heavy (non-hydrogen) atoms. The fourth-order valence-corrected chi connectivity index (χ4v) is 2.96. The normalized spacial score (nSPS) is 12.3. The van der Waals surface area contributed by atoms with Crippen molar-refractivity contribution in [2.45, 2.75) is 26.1 Å². The van der Waals surface area contributed by atoms with Crippen LogP contribution in [0.5, 0.6) is 0 Å². The van der Waals surface area contributed by atoms with Crippen LogP contribution in [0.3, 0.4) is 0 Å². The lowest BCUT2D eigenvalue weighted by molar-refractivity contribution is -0.147. The zero-order valence-electron chi connectivity index (χ0n) is 15.0. The van der Waals surface area contributed by atoms with Crippen LogP contribution in [0.25, 0.3) is 0 Å². The largest absolute Gasteiger partial charge is 0.408 e. The first-order chi connectivity index (χ1) is 13.4. The molecule has 1 amide bonds. The molecule has 0 bridgehead atoms. The number of thiocarbonyl (C=S) groups is 1. The lowest BCUT2D eigenvalue weighted by Crippen LogP contribution is -2.44. The van der Waals surface area contributed by atoms with E-state index in [9.17, 15) is 26.7 Å². The van der Waals surface area contributed by atoms with Gasteiger partial charge >= 0.3 is 6.18 Å². The zero-order valence-corrected chi connectivity index (χ0v) is 17.5. The molecule has 4 nitrogen and oxygen atoms in total. The third-order valence-electron chi connectivity index (χ3n) is 3.80. The maximum atomic E-state index is 14.2. The molecular weight excluding hydrogens is 481 g/mol. The number of hydrogen-bond donors (Lipinski definition) is 3. The first kappa shape index (κ1) is 23.0. The number of hydrogen-bond acceptors (Lipinski definition) is 2. The van der Waals surface area contributed by atoms with Crippen molar-refractivity contribution in [1.29, 1.82) is 0 Å². The summed E-state index contributed by atoms with van der Waals surface area (Å²) >= 11 is 7.85. The van der Waals surface area contributed by atoms with Crippen LogP contribution < -0.4 is 16.0 Å². The van der Waals surface area contributed by atoms with Crippen molar-refractivity contribution in [1.82, 2.24) is 5.32 Å². The maximum absolute atomic E-state index is 14.2. The van der Waals surface area contributed by atoms with E-state index < -0.39 is 34.9 Å². The molecule has 3 N–H and O–H groups in total. The molecule has 0 fully saturated rings. The highest BCUT2D eigenvalue weighted by Crippen LogP contribution is 2.26. The average Bonchev–Trinajstić information content (AvgIpc) is 2.59. The number of anilines is 2. The van der Waals surface area contributed by atoms with Crippen molar-refractivity contribution in [2.75, 3.05) is 10.6 Å². The average molecular weight is 496 g/mol. The minimum atomic E-state index is -4.54. The molecule has 0 aliphatic heterocycles. The maximum Gasteiger partial charge on any atom is 0.408 e. The minimum absolute atomic E-state index is 0.0115. The highest BCUT2D eigenvalue weighted by atomic mass is 79.9. The quantitative estimate of drug-likeness (QED) is 0.385. The second-order valence-corrected chi connectivity index (χ2v) is 7.35. The van der Waals surface area contributed by atoms with Crippen LogP contribution >= 0.6 is 28.1 Å². The number of nitrogens with one attached hydrogen (secondary N) is 3. The Kier molecular flexibility index (Phi) is 7.17. The van der Waals surface area contributed by atoms with Crippen molar-refractivity contribution in [3.63, 3.8) is 0 Å². The van der Waals surface area contributed by atoms with E-state index >= 15 is 0 Å². The van der Waals surface area contributed by atoms with Crippen molar-refractivity contribution in [3.05, 3.63) is 57.6 Å². The molecular formula is C18H15BrF5N3OS. The number of aryl methyl sites for hydroxylation is 1. The Labute approximate surface area is 177 Å². The molecule has 0 aliphatic rings.